The lowest BCUT2D eigenvalue weighted by atomic mass is 10.1. The van der Waals surface area contributed by atoms with Crippen LogP contribution in [-0.4, -0.2) is 17.6 Å². The van der Waals surface area contributed by atoms with Crippen molar-refractivity contribution in [1.29, 1.82) is 0 Å². The first-order chi connectivity index (χ1) is 13.0. The number of hydrogen-bond acceptors (Lipinski definition) is 4. The van der Waals surface area contributed by atoms with E-state index >= 15 is 0 Å². The number of hydrogen-bond donors (Lipinski definition) is 2. The molecule has 0 aliphatic heterocycles. The first-order valence-electron chi connectivity index (χ1n) is 8.20. The fraction of sp³-hybridized carbons (Fsp3) is 0.150. The summed E-state index contributed by atoms with van der Waals surface area (Å²) in [7, 11) is 0. The third-order valence-electron chi connectivity index (χ3n) is 3.79. The number of carbonyl (C=O) groups excluding carboxylic acids is 1. The summed E-state index contributed by atoms with van der Waals surface area (Å²) < 4.78 is 24.9. The summed E-state index contributed by atoms with van der Waals surface area (Å²) in [6.45, 7) is 0.170. The average Bonchev–Trinajstić information content (AvgIpc) is 3.15. The van der Waals surface area contributed by atoms with Gasteiger partial charge in [0.2, 0.25) is 0 Å². The molecule has 2 N–H and O–H groups in total. The predicted octanol–water partition coefficient (Wildman–Crippen LogP) is 4.22. The molecule has 5 nitrogen and oxygen atoms in total. The first-order valence-corrected chi connectivity index (χ1v) is 8.99. The van der Waals surface area contributed by atoms with E-state index < -0.39 is 12.0 Å². The summed E-state index contributed by atoms with van der Waals surface area (Å²) in [6, 6.07) is 16.0. The standard InChI is InChI=1S/C20H17BrFNO4/c21-14-3-7-16(8-4-14)26-12-17-9-10-19(27-17)20(25)23-11-18(24)13-1-5-15(22)6-2-13/h1-10,18,24H,11-12H2,(H,23,25). The fourth-order valence-corrected chi connectivity index (χ4v) is 2.61. The molecule has 2 aromatic carbocycles. The van der Waals surface area contributed by atoms with Gasteiger partial charge in [-0.3, -0.25) is 4.79 Å². The molecule has 1 amide bonds. The summed E-state index contributed by atoms with van der Waals surface area (Å²) in [5.74, 6) is 0.468. The van der Waals surface area contributed by atoms with Crippen molar-refractivity contribution in [1.82, 2.24) is 5.32 Å². The highest BCUT2D eigenvalue weighted by molar-refractivity contribution is 9.10. The summed E-state index contributed by atoms with van der Waals surface area (Å²) in [4.78, 5) is 12.1. The van der Waals surface area contributed by atoms with E-state index in [-0.39, 0.29) is 24.7 Å². The van der Waals surface area contributed by atoms with E-state index in [4.69, 9.17) is 9.15 Å². The van der Waals surface area contributed by atoms with E-state index in [1.807, 2.05) is 24.3 Å². The van der Waals surface area contributed by atoms with Crippen molar-refractivity contribution in [3.63, 3.8) is 0 Å². The Kier molecular flexibility index (Phi) is 6.26. The van der Waals surface area contributed by atoms with Gasteiger partial charge in [-0.2, -0.15) is 0 Å². The van der Waals surface area contributed by atoms with Gasteiger partial charge in [0.1, 0.15) is 23.9 Å². The van der Waals surface area contributed by atoms with E-state index in [0.717, 1.165) is 4.47 Å². The van der Waals surface area contributed by atoms with Gasteiger partial charge in [-0.25, -0.2) is 4.39 Å². The zero-order chi connectivity index (χ0) is 19.2. The normalized spacial score (nSPS) is 11.8. The number of halogens is 2. The average molecular weight is 434 g/mol. The fourth-order valence-electron chi connectivity index (χ4n) is 2.34. The van der Waals surface area contributed by atoms with Crippen LogP contribution < -0.4 is 10.1 Å². The van der Waals surface area contributed by atoms with Gasteiger partial charge in [-0.05, 0) is 54.1 Å². The van der Waals surface area contributed by atoms with Crippen LogP contribution in [-0.2, 0) is 6.61 Å². The van der Waals surface area contributed by atoms with E-state index in [9.17, 15) is 14.3 Å². The van der Waals surface area contributed by atoms with Crippen LogP contribution in [0.15, 0.2) is 69.6 Å². The van der Waals surface area contributed by atoms with E-state index in [1.165, 1.54) is 24.3 Å². The minimum absolute atomic E-state index is 0.0180. The molecule has 1 unspecified atom stereocenters. The molecule has 0 radical (unpaired) electrons. The summed E-state index contributed by atoms with van der Waals surface area (Å²) in [6.07, 6.45) is -0.940. The molecular formula is C20H17BrFNO4. The number of aliphatic hydroxyl groups is 1. The van der Waals surface area contributed by atoms with Gasteiger partial charge < -0.3 is 19.6 Å². The van der Waals surface area contributed by atoms with Crippen molar-refractivity contribution >= 4 is 21.8 Å². The lowest BCUT2D eigenvalue weighted by molar-refractivity contribution is 0.0885. The van der Waals surface area contributed by atoms with Crippen LogP contribution in [0.5, 0.6) is 5.75 Å². The zero-order valence-corrected chi connectivity index (χ0v) is 15.8. The van der Waals surface area contributed by atoms with Gasteiger partial charge in [-0.15, -0.1) is 0 Å². The van der Waals surface area contributed by atoms with Gasteiger partial charge in [0.25, 0.3) is 5.91 Å². The highest BCUT2D eigenvalue weighted by Gasteiger charge is 2.14. The third-order valence-corrected chi connectivity index (χ3v) is 4.32. The maximum absolute atomic E-state index is 12.9. The topological polar surface area (TPSA) is 71.7 Å². The van der Waals surface area contributed by atoms with Crippen molar-refractivity contribution < 1.29 is 23.4 Å². The second-order valence-corrected chi connectivity index (χ2v) is 6.70. The van der Waals surface area contributed by atoms with E-state index in [0.29, 0.717) is 17.1 Å². The van der Waals surface area contributed by atoms with Gasteiger partial charge in [-0.1, -0.05) is 28.1 Å². The molecule has 1 atom stereocenters. The highest BCUT2D eigenvalue weighted by atomic mass is 79.9. The Hall–Kier alpha value is -2.64. The molecule has 3 rings (SSSR count). The Morgan fingerprint density at radius 2 is 1.81 bits per heavy atom. The number of rotatable bonds is 7. The molecule has 0 aliphatic carbocycles. The molecule has 1 heterocycles. The molecule has 1 aromatic heterocycles. The molecule has 0 bridgehead atoms. The third kappa shape index (κ3) is 5.42. The number of ether oxygens (including phenoxy) is 1. The van der Waals surface area contributed by atoms with Gasteiger partial charge >= 0.3 is 0 Å². The molecule has 0 fully saturated rings. The largest absolute Gasteiger partial charge is 0.486 e. The quantitative estimate of drug-likeness (QED) is 0.584. The highest BCUT2D eigenvalue weighted by Crippen LogP contribution is 2.18. The van der Waals surface area contributed by atoms with Crippen molar-refractivity contribution in [2.75, 3.05) is 6.54 Å². The minimum Gasteiger partial charge on any atom is -0.486 e. The van der Waals surface area contributed by atoms with Crippen molar-refractivity contribution in [3.8, 4) is 5.75 Å². The van der Waals surface area contributed by atoms with E-state index in [2.05, 4.69) is 21.2 Å². The predicted molar refractivity (Wildman–Crippen MR) is 101 cm³/mol. The molecule has 27 heavy (non-hydrogen) atoms. The van der Waals surface area contributed by atoms with Crippen LogP contribution in [0.4, 0.5) is 4.39 Å². The molecular weight excluding hydrogens is 417 g/mol. The Balaban J connectivity index is 1.50. The van der Waals surface area contributed by atoms with E-state index in [1.54, 1.807) is 12.1 Å². The number of furan rings is 1. The molecule has 7 heteroatoms. The van der Waals surface area contributed by atoms with Gasteiger partial charge in [0, 0.05) is 11.0 Å². The smallest absolute Gasteiger partial charge is 0.287 e. The lowest BCUT2D eigenvalue weighted by Gasteiger charge is -2.11. The van der Waals surface area contributed by atoms with Gasteiger partial charge in [0.15, 0.2) is 5.76 Å². The maximum Gasteiger partial charge on any atom is 0.287 e. The number of benzene rings is 2. The summed E-state index contributed by atoms with van der Waals surface area (Å²) in [5, 5.41) is 12.6. The van der Waals surface area contributed by atoms with Crippen LogP contribution in [0.1, 0.15) is 28.0 Å². The Morgan fingerprint density at radius 3 is 2.52 bits per heavy atom. The second-order valence-electron chi connectivity index (χ2n) is 5.79. The molecule has 3 aromatic rings. The summed E-state index contributed by atoms with van der Waals surface area (Å²) >= 11 is 3.35. The van der Waals surface area contributed by atoms with Crippen LogP contribution in [0.25, 0.3) is 0 Å². The molecule has 0 saturated carbocycles. The van der Waals surface area contributed by atoms with Crippen LogP contribution >= 0.6 is 15.9 Å². The van der Waals surface area contributed by atoms with Gasteiger partial charge in [0.05, 0.1) is 6.10 Å². The van der Waals surface area contributed by atoms with Crippen LogP contribution in [0, 0.1) is 5.82 Å². The SMILES string of the molecule is O=C(NCC(O)c1ccc(F)cc1)c1ccc(COc2ccc(Br)cc2)o1. The van der Waals surface area contributed by atoms with Crippen LogP contribution in [0.3, 0.4) is 0 Å². The molecule has 0 aliphatic rings. The monoisotopic (exact) mass is 433 g/mol. The van der Waals surface area contributed by atoms with Crippen molar-refractivity contribution in [3.05, 3.63) is 88.0 Å². The number of aliphatic hydroxyl groups excluding tert-OH is 1. The summed E-state index contributed by atoms with van der Waals surface area (Å²) in [5.41, 5.74) is 0.514. The Bertz CT molecular complexity index is 893. The Morgan fingerprint density at radius 1 is 1.11 bits per heavy atom. The minimum atomic E-state index is -0.940. The zero-order valence-electron chi connectivity index (χ0n) is 14.2. The van der Waals surface area contributed by atoms with Crippen molar-refractivity contribution in [2.45, 2.75) is 12.7 Å². The Labute approximate surface area is 163 Å². The first kappa shape index (κ1) is 19.1. The van der Waals surface area contributed by atoms with Crippen LogP contribution in [0.2, 0.25) is 0 Å². The second kappa shape index (κ2) is 8.83. The molecule has 0 spiro atoms. The van der Waals surface area contributed by atoms with Crippen molar-refractivity contribution in [2.24, 2.45) is 0 Å². The maximum atomic E-state index is 12.9. The number of amides is 1. The molecule has 140 valence electrons. The number of nitrogens with one attached hydrogen (secondary N) is 1. The lowest BCUT2D eigenvalue weighted by Crippen LogP contribution is -2.28. The molecule has 0 saturated heterocycles. The number of carbonyl (C=O) groups is 1.